The highest BCUT2D eigenvalue weighted by molar-refractivity contribution is 5.86. The maximum absolute atomic E-state index is 10.8. The summed E-state index contributed by atoms with van der Waals surface area (Å²) in [6.07, 6.45) is 0.759. The first-order chi connectivity index (χ1) is 9.19. The number of ether oxygens (including phenoxy) is 2. The van der Waals surface area contributed by atoms with Crippen molar-refractivity contribution in [3.8, 4) is 22.8 Å². The summed E-state index contributed by atoms with van der Waals surface area (Å²) >= 11 is 0. The van der Waals surface area contributed by atoms with Crippen LogP contribution in [0.3, 0.4) is 0 Å². The molecule has 0 saturated heterocycles. The molecule has 0 bridgehead atoms. The Morgan fingerprint density at radius 1 is 1.32 bits per heavy atom. The van der Waals surface area contributed by atoms with Crippen LogP contribution in [0.2, 0.25) is 0 Å². The van der Waals surface area contributed by atoms with Crippen molar-refractivity contribution in [3.05, 3.63) is 29.5 Å². The number of benzene rings is 1. The van der Waals surface area contributed by atoms with Crippen molar-refractivity contribution in [2.75, 3.05) is 6.79 Å². The highest BCUT2D eigenvalue weighted by Crippen LogP contribution is 2.39. The number of aryl methyl sites for hydroxylation is 1. The van der Waals surface area contributed by atoms with Crippen LogP contribution in [-0.2, 0) is 6.42 Å². The largest absolute Gasteiger partial charge is 0.476 e. The number of aromatic nitrogens is 1. The molecule has 0 aliphatic carbocycles. The average Bonchev–Trinajstić information content (AvgIpc) is 3.05. The van der Waals surface area contributed by atoms with Gasteiger partial charge < -0.3 is 19.1 Å². The van der Waals surface area contributed by atoms with Gasteiger partial charge in [-0.1, -0.05) is 12.1 Å². The van der Waals surface area contributed by atoms with Gasteiger partial charge in [0.2, 0.25) is 6.79 Å². The quantitative estimate of drug-likeness (QED) is 0.913. The Hall–Kier alpha value is -2.50. The Labute approximate surface area is 108 Å². The van der Waals surface area contributed by atoms with Gasteiger partial charge in [-0.05, 0) is 24.1 Å². The second kappa shape index (κ2) is 4.31. The SMILES string of the molecule is CCc1cc2c(cc1-c1cc(C(=O)O)no1)OCO2. The predicted molar refractivity (Wildman–Crippen MR) is 64.4 cm³/mol. The monoisotopic (exact) mass is 261 g/mol. The van der Waals surface area contributed by atoms with E-state index in [1.807, 2.05) is 13.0 Å². The summed E-state index contributed by atoms with van der Waals surface area (Å²) in [5, 5.41) is 12.4. The molecule has 2 aromatic rings. The second-order valence-electron chi connectivity index (χ2n) is 4.10. The molecule has 0 amide bonds. The lowest BCUT2D eigenvalue weighted by Crippen LogP contribution is -1.94. The first kappa shape index (κ1) is 11.6. The Bertz CT molecular complexity index is 646. The molecule has 19 heavy (non-hydrogen) atoms. The number of carbonyl (C=O) groups is 1. The number of hydrogen-bond donors (Lipinski definition) is 1. The minimum absolute atomic E-state index is 0.116. The molecule has 2 heterocycles. The molecule has 1 aliphatic heterocycles. The van der Waals surface area contributed by atoms with Crippen molar-refractivity contribution in [3.63, 3.8) is 0 Å². The van der Waals surface area contributed by atoms with Crippen LogP contribution in [0, 0.1) is 0 Å². The highest BCUT2D eigenvalue weighted by atomic mass is 16.7. The molecule has 1 aromatic carbocycles. The van der Waals surface area contributed by atoms with E-state index >= 15 is 0 Å². The number of fused-ring (bicyclic) bond motifs is 1. The molecule has 1 aromatic heterocycles. The van der Waals surface area contributed by atoms with E-state index in [0.717, 1.165) is 17.5 Å². The summed E-state index contributed by atoms with van der Waals surface area (Å²) in [4.78, 5) is 10.8. The maximum Gasteiger partial charge on any atom is 0.358 e. The molecular weight excluding hydrogens is 250 g/mol. The third-order valence-corrected chi connectivity index (χ3v) is 2.97. The van der Waals surface area contributed by atoms with Gasteiger partial charge in [0.15, 0.2) is 23.0 Å². The van der Waals surface area contributed by atoms with E-state index in [1.54, 1.807) is 6.07 Å². The van der Waals surface area contributed by atoms with Crippen LogP contribution < -0.4 is 9.47 Å². The van der Waals surface area contributed by atoms with Gasteiger partial charge in [0.1, 0.15) is 0 Å². The fraction of sp³-hybridized carbons (Fsp3) is 0.231. The number of hydrogen-bond acceptors (Lipinski definition) is 5. The molecule has 0 unspecified atom stereocenters. The summed E-state index contributed by atoms with van der Waals surface area (Å²) in [5.74, 6) is 0.611. The number of carboxylic acids is 1. The zero-order chi connectivity index (χ0) is 13.4. The molecule has 0 radical (unpaired) electrons. The lowest BCUT2D eigenvalue weighted by atomic mass is 10.0. The lowest BCUT2D eigenvalue weighted by molar-refractivity contribution is 0.0686. The van der Waals surface area contributed by atoms with Gasteiger partial charge in [-0.15, -0.1) is 0 Å². The second-order valence-corrected chi connectivity index (χ2v) is 4.10. The third-order valence-electron chi connectivity index (χ3n) is 2.97. The minimum atomic E-state index is -1.12. The Morgan fingerprint density at radius 3 is 2.68 bits per heavy atom. The Balaban J connectivity index is 2.10. The van der Waals surface area contributed by atoms with Gasteiger partial charge in [-0.2, -0.15) is 0 Å². The molecular formula is C13H11NO5. The molecule has 98 valence electrons. The molecule has 0 fully saturated rings. The van der Waals surface area contributed by atoms with Crippen molar-refractivity contribution >= 4 is 5.97 Å². The summed E-state index contributed by atoms with van der Waals surface area (Å²) in [5.41, 5.74) is 1.64. The molecule has 0 spiro atoms. The van der Waals surface area contributed by atoms with Gasteiger partial charge in [0, 0.05) is 11.6 Å². The normalized spacial score (nSPS) is 12.7. The molecule has 1 N–H and O–H groups in total. The van der Waals surface area contributed by atoms with Gasteiger partial charge >= 0.3 is 5.97 Å². The minimum Gasteiger partial charge on any atom is -0.476 e. The lowest BCUT2D eigenvalue weighted by Gasteiger charge is -2.06. The number of nitrogens with zero attached hydrogens (tertiary/aromatic N) is 1. The van der Waals surface area contributed by atoms with Crippen LogP contribution in [0.4, 0.5) is 0 Å². The topological polar surface area (TPSA) is 81.8 Å². The number of aromatic carboxylic acids is 1. The number of carboxylic acid groups (broad SMARTS) is 1. The standard InChI is InChI=1S/C13H11NO5/c1-2-7-3-11-12(18-6-17-11)4-8(7)10-5-9(13(15)16)14-19-10/h3-5H,2,6H2,1H3,(H,15,16). The predicted octanol–water partition coefficient (Wildman–Crippen LogP) is 2.33. The van der Waals surface area contributed by atoms with Crippen molar-refractivity contribution in [2.24, 2.45) is 0 Å². The van der Waals surface area contributed by atoms with E-state index in [4.69, 9.17) is 19.1 Å². The van der Waals surface area contributed by atoms with Crippen LogP contribution >= 0.6 is 0 Å². The van der Waals surface area contributed by atoms with E-state index < -0.39 is 5.97 Å². The van der Waals surface area contributed by atoms with Crippen LogP contribution in [0.15, 0.2) is 22.7 Å². The average molecular weight is 261 g/mol. The first-order valence-electron chi connectivity index (χ1n) is 5.82. The summed E-state index contributed by atoms with van der Waals surface area (Å²) in [7, 11) is 0. The smallest absolute Gasteiger partial charge is 0.358 e. The first-order valence-corrected chi connectivity index (χ1v) is 5.82. The zero-order valence-corrected chi connectivity index (χ0v) is 10.2. The highest BCUT2D eigenvalue weighted by Gasteiger charge is 2.20. The van der Waals surface area contributed by atoms with Crippen LogP contribution in [0.25, 0.3) is 11.3 Å². The van der Waals surface area contributed by atoms with E-state index in [1.165, 1.54) is 6.07 Å². The third kappa shape index (κ3) is 1.91. The number of rotatable bonds is 3. The molecule has 1 aliphatic rings. The van der Waals surface area contributed by atoms with Gasteiger partial charge in [-0.25, -0.2) is 4.79 Å². The summed E-state index contributed by atoms with van der Waals surface area (Å²) in [6.45, 7) is 2.19. The molecule has 6 nitrogen and oxygen atoms in total. The van der Waals surface area contributed by atoms with Crippen molar-refractivity contribution < 1.29 is 23.9 Å². The molecule has 0 saturated carbocycles. The Morgan fingerprint density at radius 2 is 2.05 bits per heavy atom. The van der Waals surface area contributed by atoms with E-state index in [0.29, 0.717) is 17.3 Å². The fourth-order valence-corrected chi connectivity index (χ4v) is 2.01. The fourth-order valence-electron chi connectivity index (χ4n) is 2.01. The maximum atomic E-state index is 10.8. The van der Waals surface area contributed by atoms with E-state index in [2.05, 4.69) is 5.16 Å². The van der Waals surface area contributed by atoms with E-state index in [9.17, 15) is 4.79 Å². The molecule has 6 heteroatoms. The molecule has 0 atom stereocenters. The van der Waals surface area contributed by atoms with Crippen molar-refractivity contribution in [1.82, 2.24) is 5.16 Å². The van der Waals surface area contributed by atoms with Gasteiger partial charge in [-0.3, -0.25) is 0 Å². The molecule has 3 rings (SSSR count). The van der Waals surface area contributed by atoms with Crippen LogP contribution in [0.5, 0.6) is 11.5 Å². The van der Waals surface area contributed by atoms with Crippen molar-refractivity contribution in [1.29, 1.82) is 0 Å². The van der Waals surface area contributed by atoms with Crippen LogP contribution in [0.1, 0.15) is 23.0 Å². The van der Waals surface area contributed by atoms with Gasteiger partial charge in [0.05, 0.1) is 0 Å². The van der Waals surface area contributed by atoms with Crippen molar-refractivity contribution in [2.45, 2.75) is 13.3 Å². The van der Waals surface area contributed by atoms with Crippen LogP contribution in [-0.4, -0.2) is 23.0 Å². The Kier molecular flexibility index (Phi) is 2.63. The summed E-state index contributed by atoms with van der Waals surface area (Å²) in [6, 6.07) is 5.06. The zero-order valence-electron chi connectivity index (χ0n) is 10.2. The van der Waals surface area contributed by atoms with E-state index in [-0.39, 0.29) is 12.5 Å². The van der Waals surface area contributed by atoms with Gasteiger partial charge in [0.25, 0.3) is 0 Å². The summed E-state index contributed by atoms with van der Waals surface area (Å²) < 4.78 is 15.7.